The zero-order chi connectivity index (χ0) is 9.02. The zero-order valence-corrected chi connectivity index (χ0v) is 7.38. The van der Waals surface area contributed by atoms with E-state index in [1.54, 1.807) is 0 Å². The number of carboxylic acids is 1. The highest BCUT2D eigenvalue weighted by molar-refractivity contribution is 6.21. The standard InChI is InChI=1S/C7H13ClO3/c1-4(2)7(8)5(9)3-6(10)11/h4-5,7,9H,3H2,1-2H3,(H,10,11). The SMILES string of the molecule is CC(C)C(Cl)C(O)CC(=O)O. The summed E-state index contributed by atoms with van der Waals surface area (Å²) in [6.45, 7) is 3.67. The molecule has 0 aliphatic heterocycles. The zero-order valence-electron chi connectivity index (χ0n) is 6.62. The molecule has 0 fully saturated rings. The molecule has 2 N–H and O–H groups in total. The van der Waals surface area contributed by atoms with Crippen LogP contribution in [0.3, 0.4) is 0 Å². The first-order valence-electron chi connectivity index (χ1n) is 3.49. The van der Waals surface area contributed by atoms with Gasteiger partial charge in [0.1, 0.15) is 0 Å². The van der Waals surface area contributed by atoms with E-state index >= 15 is 0 Å². The Morgan fingerprint density at radius 2 is 2.00 bits per heavy atom. The molecule has 0 aromatic carbocycles. The van der Waals surface area contributed by atoms with Crippen molar-refractivity contribution in [3.63, 3.8) is 0 Å². The van der Waals surface area contributed by atoms with Crippen LogP contribution in [0.15, 0.2) is 0 Å². The maximum Gasteiger partial charge on any atom is 0.306 e. The highest BCUT2D eigenvalue weighted by Gasteiger charge is 2.21. The molecule has 0 aromatic rings. The van der Waals surface area contributed by atoms with E-state index < -0.39 is 17.5 Å². The fourth-order valence-corrected chi connectivity index (χ4v) is 0.825. The number of rotatable bonds is 4. The molecule has 0 saturated carbocycles. The van der Waals surface area contributed by atoms with Crippen LogP contribution in [0.25, 0.3) is 0 Å². The average Bonchev–Trinajstić information content (AvgIpc) is 1.84. The lowest BCUT2D eigenvalue weighted by atomic mass is 10.0. The van der Waals surface area contributed by atoms with Crippen molar-refractivity contribution in [3.8, 4) is 0 Å². The summed E-state index contributed by atoms with van der Waals surface area (Å²) in [5, 5.41) is 17.0. The normalized spacial score (nSPS) is 16.5. The molecular weight excluding hydrogens is 168 g/mol. The molecule has 0 heterocycles. The first-order valence-corrected chi connectivity index (χ1v) is 3.92. The molecule has 0 aliphatic carbocycles. The fourth-order valence-electron chi connectivity index (χ4n) is 0.736. The number of alkyl halides is 1. The van der Waals surface area contributed by atoms with Gasteiger partial charge in [-0.25, -0.2) is 0 Å². The van der Waals surface area contributed by atoms with Crippen molar-refractivity contribution < 1.29 is 15.0 Å². The second kappa shape index (κ2) is 4.57. The van der Waals surface area contributed by atoms with Crippen LogP contribution in [-0.2, 0) is 4.79 Å². The predicted molar refractivity (Wildman–Crippen MR) is 42.7 cm³/mol. The molecular formula is C7H13ClO3. The summed E-state index contributed by atoms with van der Waals surface area (Å²) in [6, 6.07) is 0. The van der Waals surface area contributed by atoms with Crippen molar-refractivity contribution in [2.45, 2.75) is 31.7 Å². The minimum atomic E-state index is -1.02. The van der Waals surface area contributed by atoms with Gasteiger partial charge in [-0.1, -0.05) is 13.8 Å². The molecule has 11 heavy (non-hydrogen) atoms. The van der Waals surface area contributed by atoms with Crippen molar-refractivity contribution >= 4 is 17.6 Å². The van der Waals surface area contributed by atoms with E-state index in [2.05, 4.69) is 0 Å². The number of halogens is 1. The quantitative estimate of drug-likeness (QED) is 0.637. The summed E-state index contributed by atoms with van der Waals surface area (Å²) >= 11 is 5.70. The number of carbonyl (C=O) groups is 1. The molecule has 0 aromatic heterocycles. The third kappa shape index (κ3) is 4.22. The second-order valence-electron chi connectivity index (χ2n) is 2.85. The first-order chi connectivity index (χ1) is 4.95. The minimum absolute atomic E-state index is 0.0889. The minimum Gasteiger partial charge on any atom is -0.481 e. The number of hydrogen-bond donors (Lipinski definition) is 2. The molecule has 0 rings (SSSR count). The third-order valence-corrected chi connectivity index (χ3v) is 2.18. The van der Waals surface area contributed by atoms with Crippen LogP contribution in [0.5, 0.6) is 0 Å². The van der Waals surface area contributed by atoms with Crippen molar-refractivity contribution in [2.75, 3.05) is 0 Å². The van der Waals surface area contributed by atoms with E-state index in [1.165, 1.54) is 0 Å². The molecule has 66 valence electrons. The van der Waals surface area contributed by atoms with E-state index in [0.717, 1.165) is 0 Å². The number of carboxylic acid groups (broad SMARTS) is 1. The lowest BCUT2D eigenvalue weighted by Crippen LogP contribution is -2.28. The van der Waals surface area contributed by atoms with Gasteiger partial charge in [0, 0.05) is 0 Å². The molecule has 2 unspecified atom stereocenters. The summed E-state index contributed by atoms with van der Waals surface area (Å²) in [5.74, 6) is -0.935. The highest BCUT2D eigenvalue weighted by Crippen LogP contribution is 2.15. The van der Waals surface area contributed by atoms with Gasteiger partial charge in [0.2, 0.25) is 0 Å². The number of hydrogen-bond acceptors (Lipinski definition) is 2. The fraction of sp³-hybridized carbons (Fsp3) is 0.857. The Hall–Kier alpha value is -0.280. The monoisotopic (exact) mass is 180 g/mol. The molecule has 0 radical (unpaired) electrons. The smallest absolute Gasteiger partial charge is 0.306 e. The van der Waals surface area contributed by atoms with Gasteiger partial charge in [-0.3, -0.25) is 4.79 Å². The van der Waals surface area contributed by atoms with Crippen LogP contribution in [0.4, 0.5) is 0 Å². The Balaban J connectivity index is 3.82. The van der Waals surface area contributed by atoms with Crippen LogP contribution < -0.4 is 0 Å². The van der Waals surface area contributed by atoms with Gasteiger partial charge in [-0.15, -0.1) is 11.6 Å². The van der Waals surface area contributed by atoms with Gasteiger partial charge in [0.05, 0.1) is 17.9 Å². The lowest BCUT2D eigenvalue weighted by molar-refractivity contribution is -0.139. The molecule has 4 heteroatoms. The number of aliphatic hydroxyl groups is 1. The first kappa shape index (κ1) is 10.7. The molecule has 0 saturated heterocycles. The molecule has 0 aliphatic rings. The van der Waals surface area contributed by atoms with Gasteiger partial charge in [0.15, 0.2) is 0 Å². The summed E-state index contributed by atoms with van der Waals surface area (Å²) < 4.78 is 0. The van der Waals surface area contributed by atoms with E-state index in [-0.39, 0.29) is 12.3 Å². The van der Waals surface area contributed by atoms with Crippen molar-refractivity contribution in [1.82, 2.24) is 0 Å². The van der Waals surface area contributed by atoms with E-state index in [9.17, 15) is 4.79 Å². The Morgan fingerprint density at radius 1 is 1.55 bits per heavy atom. The van der Waals surface area contributed by atoms with Gasteiger partial charge in [-0.05, 0) is 5.92 Å². The van der Waals surface area contributed by atoms with Crippen molar-refractivity contribution in [1.29, 1.82) is 0 Å². The molecule has 0 amide bonds. The summed E-state index contributed by atoms with van der Waals surface area (Å²) in [7, 11) is 0. The van der Waals surface area contributed by atoms with Gasteiger partial charge < -0.3 is 10.2 Å². The van der Waals surface area contributed by atoms with E-state index in [4.69, 9.17) is 21.8 Å². The second-order valence-corrected chi connectivity index (χ2v) is 3.36. The van der Waals surface area contributed by atoms with Crippen LogP contribution >= 0.6 is 11.6 Å². The lowest BCUT2D eigenvalue weighted by Gasteiger charge is -2.17. The molecule has 3 nitrogen and oxygen atoms in total. The Bertz CT molecular complexity index is 136. The largest absolute Gasteiger partial charge is 0.481 e. The van der Waals surface area contributed by atoms with Crippen molar-refractivity contribution in [2.24, 2.45) is 5.92 Å². The Morgan fingerprint density at radius 3 is 2.27 bits per heavy atom. The molecule has 2 atom stereocenters. The van der Waals surface area contributed by atoms with Gasteiger partial charge >= 0.3 is 5.97 Å². The maximum absolute atomic E-state index is 10.1. The maximum atomic E-state index is 10.1. The Kier molecular flexibility index (Phi) is 4.45. The number of aliphatic carboxylic acids is 1. The summed E-state index contributed by atoms with van der Waals surface area (Å²) in [6.07, 6.45) is -1.24. The van der Waals surface area contributed by atoms with Gasteiger partial charge in [-0.2, -0.15) is 0 Å². The summed E-state index contributed by atoms with van der Waals surface area (Å²) in [5.41, 5.74) is 0. The van der Waals surface area contributed by atoms with Crippen molar-refractivity contribution in [3.05, 3.63) is 0 Å². The van der Waals surface area contributed by atoms with Crippen LogP contribution in [0, 0.1) is 5.92 Å². The number of aliphatic hydroxyl groups excluding tert-OH is 1. The average molecular weight is 181 g/mol. The topological polar surface area (TPSA) is 57.5 Å². The molecule has 0 spiro atoms. The van der Waals surface area contributed by atoms with Crippen LogP contribution in [0.2, 0.25) is 0 Å². The van der Waals surface area contributed by atoms with Crippen LogP contribution in [0.1, 0.15) is 20.3 Å². The van der Waals surface area contributed by atoms with E-state index in [0.29, 0.717) is 0 Å². The predicted octanol–water partition coefficient (Wildman–Crippen LogP) is 1.09. The highest BCUT2D eigenvalue weighted by atomic mass is 35.5. The molecule has 0 bridgehead atoms. The summed E-state index contributed by atoms with van der Waals surface area (Å²) in [4.78, 5) is 10.1. The Labute approximate surface area is 71.0 Å². The third-order valence-electron chi connectivity index (χ3n) is 1.39. The van der Waals surface area contributed by atoms with Gasteiger partial charge in [0.25, 0.3) is 0 Å². The van der Waals surface area contributed by atoms with E-state index in [1.807, 2.05) is 13.8 Å². The van der Waals surface area contributed by atoms with Crippen LogP contribution in [-0.4, -0.2) is 27.7 Å².